The summed E-state index contributed by atoms with van der Waals surface area (Å²) in [6, 6.07) is 14.5. The number of benzene rings is 2. The Labute approximate surface area is 205 Å². The lowest BCUT2D eigenvalue weighted by Crippen LogP contribution is -2.21. The maximum absolute atomic E-state index is 13.3. The minimum absolute atomic E-state index is 0.175. The molecule has 4 aromatic rings. The summed E-state index contributed by atoms with van der Waals surface area (Å²) in [6.07, 6.45) is 1.41. The first-order valence-corrected chi connectivity index (χ1v) is 11.9. The lowest BCUT2D eigenvalue weighted by Gasteiger charge is -2.16. The van der Waals surface area contributed by atoms with Gasteiger partial charge in [0.1, 0.15) is 23.7 Å². The topological polar surface area (TPSA) is 79.7 Å². The summed E-state index contributed by atoms with van der Waals surface area (Å²) >= 11 is 7.37. The molecule has 0 amide bonds. The normalized spacial score (nSPS) is 11.9. The third kappa shape index (κ3) is 5.08. The molecule has 0 fully saturated rings. The Hall–Kier alpha value is -3.36. The Morgan fingerprint density at radius 3 is 2.62 bits per heavy atom. The molecule has 2 aromatic carbocycles. The molecule has 0 saturated heterocycles. The van der Waals surface area contributed by atoms with E-state index >= 15 is 0 Å². The van der Waals surface area contributed by atoms with Crippen molar-refractivity contribution in [2.45, 2.75) is 26.4 Å². The average Bonchev–Trinajstić information content (AvgIpc) is 3.28. The van der Waals surface area contributed by atoms with Crippen LogP contribution in [0.15, 0.2) is 59.7 Å². The van der Waals surface area contributed by atoms with Gasteiger partial charge in [0.05, 0.1) is 18.3 Å². The molecule has 0 radical (unpaired) electrons. The van der Waals surface area contributed by atoms with E-state index in [9.17, 15) is 9.59 Å². The zero-order chi connectivity index (χ0) is 24.2. The first-order chi connectivity index (χ1) is 16.4. The molecule has 0 N–H and O–H groups in total. The van der Waals surface area contributed by atoms with Crippen molar-refractivity contribution < 1.29 is 19.0 Å². The van der Waals surface area contributed by atoms with Crippen LogP contribution < -0.4 is 15.0 Å². The number of thiophene rings is 1. The number of nitrogens with zero attached hydrogens (tertiary/aromatic N) is 2. The van der Waals surface area contributed by atoms with Gasteiger partial charge in [0.15, 0.2) is 11.5 Å². The van der Waals surface area contributed by atoms with Gasteiger partial charge in [0.2, 0.25) is 0 Å². The summed E-state index contributed by atoms with van der Waals surface area (Å²) in [5.74, 6) is 0.647. The van der Waals surface area contributed by atoms with Crippen molar-refractivity contribution in [1.29, 1.82) is 0 Å². The number of hydrogen-bond acceptors (Lipinski definition) is 7. The Morgan fingerprint density at radius 2 is 1.91 bits per heavy atom. The second kappa shape index (κ2) is 10.3. The van der Waals surface area contributed by atoms with E-state index < -0.39 is 6.10 Å². The van der Waals surface area contributed by atoms with Gasteiger partial charge in [-0.3, -0.25) is 14.2 Å². The molecule has 0 aliphatic rings. The summed E-state index contributed by atoms with van der Waals surface area (Å²) in [4.78, 5) is 30.1. The van der Waals surface area contributed by atoms with E-state index in [1.165, 1.54) is 29.3 Å². The van der Waals surface area contributed by atoms with Crippen LogP contribution in [0.1, 0.15) is 20.3 Å². The number of hydrogen-bond donors (Lipinski definition) is 0. The number of carbonyl (C=O) groups excluding carboxylic acids is 1. The Balaban J connectivity index is 1.61. The van der Waals surface area contributed by atoms with Gasteiger partial charge in [0, 0.05) is 22.4 Å². The number of methoxy groups -OCH3 is 1. The summed E-state index contributed by atoms with van der Waals surface area (Å²) in [5, 5.41) is 0.656. The fourth-order valence-electron chi connectivity index (χ4n) is 3.33. The summed E-state index contributed by atoms with van der Waals surface area (Å²) in [6.45, 7) is 3.67. The molecule has 0 bridgehead atoms. The van der Waals surface area contributed by atoms with Gasteiger partial charge >= 0.3 is 5.97 Å². The fraction of sp³-hybridized carbons (Fsp3) is 0.240. The molecule has 9 heteroatoms. The maximum Gasteiger partial charge on any atom is 0.305 e. The van der Waals surface area contributed by atoms with Crippen molar-refractivity contribution >= 4 is 39.1 Å². The molecule has 34 heavy (non-hydrogen) atoms. The maximum atomic E-state index is 13.3. The van der Waals surface area contributed by atoms with Crippen molar-refractivity contribution in [2.75, 3.05) is 13.7 Å². The predicted octanol–water partition coefficient (Wildman–Crippen LogP) is 5.50. The number of halogens is 1. The van der Waals surface area contributed by atoms with Crippen LogP contribution in [0.5, 0.6) is 11.5 Å². The van der Waals surface area contributed by atoms with E-state index in [4.69, 9.17) is 25.8 Å². The van der Waals surface area contributed by atoms with Gasteiger partial charge in [-0.1, -0.05) is 30.7 Å². The van der Waals surface area contributed by atoms with Crippen LogP contribution in [-0.2, 0) is 9.53 Å². The lowest BCUT2D eigenvalue weighted by atomic mass is 10.2. The van der Waals surface area contributed by atoms with Crippen LogP contribution in [0.2, 0.25) is 5.02 Å². The van der Waals surface area contributed by atoms with Gasteiger partial charge in [-0.25, -0.2) is 4.98 Å². The lowest BCUT2D eigenvalue weighted by molar-refractivity contribution is -0.149. The highest BCUT2D eigenvalue weighted by Crippen LogP contribution is 2.33. The number of aromatic nitrogens is 2. The minimum Gasteiger partial charge on any atom is -0.493 e. The molecule has 1 atom stereocenters. The van der Waals surface area contributed by atoms with Gasteiger partial charge in [-0.2, -0.15) is 0 Å². The summed E-state index contributed by atoms with van der Waals surface area (Å²) < 4.78 is 18.5. The minimum atomic E-state index is -0.403. The second-order valence-corrected chi connectivity index (χ2v) is 9.04. The number of carbonyl (C=O) groups is 1. The summed E-state index contributed by atoms with van der Waals surface area (Å²) in [7, 11) is 1.52. The summed E-state index contributed by atoms with van der Waals surface area (Å²) in [5.41, 5.74) is 2.03. The molecule has 0 saturated carbocycles. The highest BCUT2D eigenvalue weighted by Gasteiger charge is 2.15. The average molecular weight is 499 g/mol. The number of fused-ring (bicyclic) bond motifs is 1. The van der Waals surface area contributed by atoms with Crippen LogP contribution in [0, 0.1) is 0 Å². The molecule has 2 aromatic heterocycles. The molecule has 7 nitrogen and oxygen atoms in total. The third-order valence-electron chi connectivity index (χ3n) is 5.09. The highest BCUT2D eigenvalue weighted by molar-refractivity contribution is 7.22. The molecule has 0 aliphatic heterocycles. The largest absolute Gasteiger partial charge is 0.493 e. The fourth-order valence-corrected chi connectivity index (χ4v) is 4.50. The number of rotatable bonds is 8. The van der Waals surface area contributed by atoms with Crippen LogP contribution in [0.3, 0.4) is 0 Å². The van der Waals surface area contributed by atoms with Crippen molar-refractivity contribution in [2.24, 2.45) is 0 Å². The van der Waals surface area contributed by atoms with E-state index in [0.29, 0.717) is 38.8 Å². The SMILES string of the molecule is CCC(=O)OC(C)COc1ccc(-n2cnc3cc(-c4ccc(Cl)cc4)sc3c2=O)cc1OC. The smallest absolute Gasteiger partial charge is 0.305 e. The van der Waals surface area contributed by atoms with Gasteiger partial charge in [-0.05, 0) is 42.8 Å². The quantitative estimate of drug-likeness (QED) is 0.298. The van der Waals surface area contributed by atoms with E-state index in [0.717, 1.165) is 10.4 Å². The van der Waals surface area contributed by atoms with Gasteiger partial charge in [0.25, 0.3) is 5.56 Å². The molecule has 0 aliphatic carbocycles. The van der Waals surface area contributed by atoms with E-state index in [1.807, 2.05) is 30.3 Å². The number of ether oxygens (including phenoxy) is 3. The predicted molar refractivity (Wildman–Crippen MR) is 134 cm³/mol. The molecular formula is C25H23ClN2O5S. The molecule has 176 valence electrons. The van der Waals surface area contributed by atoms with Crippen LogP contribution >= 0.6 is 22.9 Å². The van der Waals surface area contributed by atoms with Crippen molar-refractivity contribution in [3.63, 3.8) is 0 Å². The van der Waals surface area contributed by atoms with Gasteiger partial charge in [-0.15, -0.1) is 11.3 Å². The zero-order valence-corrected chi connectivity index (χ0v) is 20.5. The van der Waals surface area contributed by atoms with Gasteiger partial charge < -0.3 is 14.2 Å². The standard InChI is InChI=1S/C25H23ClN2O5S/c1-4-23(29)33-15(2)13-32-20-10-9-18(11-21(20)31-3)28-14-27-19-12-22(34-24(19)25(28)30)16-5-7-17(26)8-6-16/h5-12,14-15H,4,13H2,1-3H3. The molecular weight excluding hydrogens is 476 g/mol. The van der Waals surface area contributed by atoms with Crippen LogP contribution in [0.25, 0.3) is 26.3 Å². The van der Waals surface area contributed by atoms with Crippen molar-refractivity contribution in [3.8, 4) is 27.6 Å². The Bertz CT molecular complexity index is 1380. The zero-order valence-electron chi connectivity index (χ0n) is 18.9. The second-order valence-electron chi connectivity index (χ2n) is 7.55. The Kier molecular flexibility index (Phi) is 7.19. The van der Waals surface area contributed by atoms with Crippen molar-refractivity contribution in [1.82, 2.24) is 9.55 Å². The van der Waals surface area contributed by atoms with E-state index in [1.54, 1.807) is 32.0 Å². The molecule has 0 spiro atoms. The van der Waals surface area contributed by atoms with Crippen LogP contribution in [0.4, 0.5) is 0 Å². The highest BCUT2D eigenvalue weighted by atomic mass is 35.5. The van der Waals surface area contributed by atoms with Crippen molar-refractivity contribution in [3.05, 3.63) is 70.2 Å². The monoisotopic (exact) mass is 498 g/mol. The molecule has 1 unspecified atom stereocenters. The third-order valence-corrected chi connectivity index (χ3v) is 6.50. The number of esters is 1. The van der Waals surface area contributed by atoms with Crippen LogP contribution in [-0.4, -0.2) is 35.3 Å². The molecule has 4 rings (SSSR count). The molecule has 2 heterocycles. The first-order valence-electron chi connectivity index (χ1n) is 10.7. The Morgan fingerprint density at radius 1 is 1.15 bits per heavy atom. The first kappa shape index (κ1) is 23.8. The van der Waals surface area contributed by atoms with E-state index in [2.05, 4.69) is 4.98 Å². The van der Waals surface area contributed by atoms with E-state index in [-0.39, 0.29) is 18.1 Å².